The highest BCUT2D eigenvalue weighted by Crippen LogP contribution is 2.36. The third-order valence-corrected chi connectivity index (χ3v) is 5.58. The van der Waals surface area contributed by atoms with E-state index >= 15 is 0 Å². The van der Waals surface area contributed by atoms with Crippen LogP contribution >= 0.6 is 0 Å². The summed E-state index contributed by atoms with van der Waals surface area (Å²) in [4.78, 5) is 2.52. The molecule has 0 bridgehead atoms. The highest BCUT2D eigenvalue weighted by Gasteiger charge is 2.51. The lowest BCUT2D eigenvalue weighted by Gasteiger charge is -2.37. The quantitative estimate of drug-likeness (QED) is 0.458. The van der Waals surface area contributed by atoms with Gasteiger partial charge in [-0.05, 0) is 45.3 Å². The van der Waals surface area contributed by atoms with Crippen LogP contribution in [-0.2, 0) is 9.31 Å². The maximum Gasteiger partial charge on any atom is 0.494 e. The van der Waals surface area contributed by atoms with Gasteiger partial charge in [-0.1, -0.05) is 12.1 Å². The van der Waals surface area contributed by atoms with E-state index in [1.54, 1.807) is 0 Å². The fourth-order valence-electron chi connectivity index (χ4n) is 3.14. The van der Waals surface area contributed by atoms with Crippen molar-refractivity contribution in [1.29, 1.82) is 10.8 Å². The van der Waals surface area contributed by atoms with E-state index in [9.17, 15) is 13.2 Å². The summed E-state index contributed by atoms with van der Waals surface area (Å²) >= 11 is 0. The van der Waals surface area contributed by atoms with Crippen molar-refractivity contribution in [3.05, 3.63) is 24.3 Å². The Bertz CT molecular complexity index is 764. The number of nitrogens with one attached hydrogen (secondary N) is 2. The predicted molar refractivity (Wildman–Crippen MR) is 103 cm³/mol. The first kappa shape index (κ1) is 20.7. The zero-order valence-corrected chi connectivity index (χ0v) is 16.4. The van der Waals surface area contributed by atoms with Gasteiger partial charge in [-0.3, -0.25) is 10.8 Å². The monoisotopic (exact) mass is 396 g/mol. The van der Waals surface area contributed by atoms with E-state index in [-0.39, 0.29) is 25.5 Å². The largest absolute Gasteiger partial charge is 0.494 e. The molecule has 3 rings (SSSR count). The molecule has 0 spiro atoms. The van der Waals surface area contributed by atoms with Gasteiger partial charge in [-0.15, -0.1) is 0 Å². The highest BCUT2D eigenvalue weighted by atomic mass is 19.4. The number of nitrogens with zero attached hydrogens (tertiary/aromatic N) is 2. The van der Waals surface area contributed by atoms with Crippen molar-refractivity contribution < 1.29 is 22.5 Å². The van der Waals surface area contributed by atoms with Crippen LogP contribution in [0.2, 0.25) is 0 Å². The van der Waals surface area contributed by atoms with Crippen molar-refractivity contribution in [2.75, 3.05) is 24.5 Å². The molecule has 152 valence electrons. The molecule has 2 heterocycles. The van der Waals surface area contributed by atoms with E-state index in [1.165, 1.54) is 0 Å². The Labute approximate surface area is 162 Å². The summed E-state index contributed by atoms with van der Waals surface area (Å²) in [5.41, 5.74) is 0.772. The molecule has 0 aromatic heterocycles. The van der Waals surface area contributed by atoms with Crippen molar-refractivity contribution in [1.82, 2.24) is 4.90 Å². The van der Waals surface area contributed by atoms with Crippen LogP contribution in [0.5, 0.6) is 0 Å². The molecule has 0 atom stereocenters. The minimum absolute atomic E-state index is 0.00823. The molecule has 2 aliphatic heterocycles. The number of benzene rings is 1. The molecule has 0 unspecified atom stereocenters. The number of alkyl halides is 3. The first-order valence-corrected chi connectivity index (χ1v) is 9.03. The molecular formula is C18H24BF3N4O2. The zero-order chi connectivity index (χ0) is 20.9. The molecule has 0 radical (unpaired) electrons. The first-order valence-electron chi connectivity index (χ1n) is 9.03. The van der Waals surface area contributed by atoms with E-state index in [4.69, 9.17) is 20.1 Å². The Kier molecular flexibility index (Phi) is 5.00. The fourth-order valence-corrected chi connectivity index (χ4v) is 3.14. The van der Waals surface area contributed by atoms with E-state index in [0.29, 0.717) is 4.90 Å². The van der Waals surface area contributed by atoms with Crippen molar-refractivity contribution in [3.63, 3.8) is 0 Å². The van der Waals surface area contributed by atoms with E-state index < -0.39 is 30.3 Å². The second-order valence-corrected chi connectivity index (χ2v) is 8.05. The summed E-state index contributed by atoms with van der Waals surface area (Å²) in [6.07, 6.45) is -4.75. The molecule has 0 saturated carbocycles. The van der Waals surface area contributed by atoms with Gasteiger partial charge in [0.1, 0.15) is 5.84 Å². The average molecular weight is 396 g/mol. The lowest BCUT2D eigenvalue weighted by atomic mass is 9.79. The van der Waals surface area contributed by atoms with Crippen LogP contribution in [0.4, 0.5) is 18.9 Å². The first-order chi connectivity index (χ1) is 12.8. The minimum atomic E-state index is -4.75. The van der Waals surface area contributed by atoms with Crippen molar-refractivity contribution in [2.45, 2.75) is 45.1 Å². The normalized spacial score (nSPS) is 22.0. The fraction of sp³-hybridized carbons (Fsp3) is 0.556. The highest BCUT2D eigenvalue weighted by molar-refractivity contribution is 6.62. The van der Waals surface area contributed by atoms with Gasteiger partial charge in [0.2, 0.25) is 5.84 Å². The van der Waals surface area contributed by atoms with Gasteiger partial charge in [0, 0.05) is 18.8 Å². The van der Waals surface area contributed by atoms with Gasteiger partial charge in [-0.25, -0.2) is 0 Å². The molecular weight excluding hydrogens is 372 g/mol. The summed E-state index contributed by atoms with van der Waals surface area (Å²) < 4.78 is 50.2. The number of piperazine rings is 1. The van der Waals surface area contributed by atoms with E-state index in [1.807, 2.05) is 56.9 Å². The van der Waals surface area contributed by atoms with Gasteiger partial charge in [0.05, 0.1) is 17.7 Å². The smallest absolute Gasteiger partial charge is 0.399 e. The third kappa shape index (κ3) is 3.75. The lowest BCUT2D eigenvalue weighted by Crippen LogP contribution is -2.55. The van der Waals surface area contributed by atoms with Gasteiger partial charge in [-0.2, -0.15) is 13.2 Å². The van der Waals surface area contributed by atoms with Crippen LogP contribution in [0, 0.1) is 10.8 Å². The van der Waals surface area contributed by atoms with Gasteiger partial charge >= 0.3 is 13.3 Å². The molecule has 0 amide bonds. The van der Waals surface area contributed by atoms with E-state index in [0.717, 1.165) is 11.2 Å². The Balaban J connectivity index is 1.67. The number of amidine groups is 2. The molecule has 6 nitrogen and oxygen atoms in total. The summed E-state index contributed by atoms with van der Waals surface area (Å²) in [6, 6.07) is 7.42. The SMILES string of the molecule is CC1(C)OB(c2ccc(N3CCN(C(=N)C(F)(F)F)C(=N)C3)cc2)OC1(C)C. The molecule has 1 aromatic rings. The van der Waals surface area contributed by atoms with Crippen molar-refractivity contribution >= 4 is 29.9 Å². The second-order valence-electron chi connectivity index (χ2n) is 8.05. The van der Waals surface area contributed by atoms with Gasteiger partial charge < -0.3 is 19.1 Å². The van der Waals surface area contributed by atoms with E-state index in [2.05, 4.69) is 0 Å². The van der Waals surface area contributed by atoms with Crippen LogP contribution in [0.25, 0.3) is 0 Å². The van der Waals surface area contributed by atoms with Gasteiger partial charge in [0.25, 0.3) is 0 Å². The number of halogens is 3. The van der Waals surface area contributed by atoms with Crippen LogP contribution in [0.3, 0.4) is 0 Å². The predicted octanol–water partition coefficient (Wildman–Crippen LogP) is 2.62. The minimum Gasteiger partial charge on any atom is -0.399 e. The summed E-state index contributed by atoms with van der Waals surface area (Å²) in [5, 5.41) is 15.1. The topological polar surface area (TPSA) is 72.6 Å². The molecule has 2 saturated heterocycles. The Hall–Kier alpha value is -2.07. The van der Waals surface area contributed by atoms with Crippen LogP contribution in [0.15, 0.2) is 24.3 Å². The summed E-state index contributed by atoms with van der Waals surface area (Å²) in [5.74, 6) is -1.74. The molecule has 2 aliphatic rings. The van der Waals surface area contributed by atoms with Crippen molar-refractivity contribution in [3.8, 4) is 0 Å². The van der Waals surface area contributed by atoms with Crippen LogP contribution in [0.1, 0.15) is 27.7 Å². The molecule has 1 aromatic carbocycles. The summed E-state index contributed by atoms with van der Waals surface area (Å²) in [6.45, 7) is 8.15. The van der Waals surface area contributed by atoms with Crippen LogP contribution < -0.4 is 10.4 Å². The number of rotatable bonds is 2. The number of hydrogen-bond acceptors (Lipinski definition) is 5. The Morgan fingerprint density at radius 3 is 2.04 bits per heavy atom. The molecule has 0 aliphatic carbocycles. The molecule has 2 fully saturated rings. The summed E-state index contributed by atoms with van der Waals surface area (Å²) in [7, 11) is -0.485. The van der Waals surface area contributed by atoms with Crippen molar-refractivity contribution in [2.24, 2.45) is 0 Å². The maximum atomic E-state index is 12.7. The average Bonchev–Trinajstić information content (AvgIpc) is 2.81. The Morgan fingerprint density at radius 2 is 1.57 bits per heavy atom. The standard InChI is InChI=1S/C18H24BF3N4O2/c1-16(2)17(3,4)28-19(27-16)12-5-7-13(8-6-12)25-9-10-26(14(23)11-25)15(24)18(20,21)22/h5-8,23-24H,9-11H2,1-4H3. The molecule has 28 heavy (non-hydrogen) atoms. The zero-order valence-electron chi connectivity index (χ0n) is 16.4. The number of hydrogen-bond donors (Lipinski definition) is 2. The molecule has 10 heteroatoms. The third-order valence-electron chi connectivity index (χ3n) is 5.58. The number of anilines is 1. The second kappa shape index (κ2) is 6.77. The maximum absolute atomic E-state index is 12.7. The van der Waals surface area contributed by atoms with Gasteiger partial charge in [0.15, 0.2) is 0 Å². The van der Waals surface area contributed by atoms with Crippen LogP contribution in [-0.4, -0.2) is 60.7 Å². The molecule has 2 N–H and O–H groups in total. The lowest BCUT2D eigenvalue weighted by molar-refractivity contribution is -0.0671. The Morgan fingerprint density at radius 1 is 1.04 bits per heavy atom.